The lowest BCUT2D eigenvalue weighted by Crippen LogP contribution is -2.21. The van der Waals surface area contributed by atoms with E-state index in [1.165, 1.54) is 0 Å². The maximum atomic E-state index is 12.3. The fourth-order valence-corrected chi connectivity index (χ4v) is 2.04. The summed E-state index contributed by atoms with van der Waals surface area (Å²) in [5, 5.41) is 9.25. The molecule has 1 atom stereocenters. The van der Waals surface area contributed by atoms with Crippen LogP contribution in [0.4, 0.5) is 0 Å². The van der Waals surface area contributed by atoms with Gasteiger partial charge in [-0.3, -0.25) is 4.79 Å². The maximum absolute atomic E-state index is 12.3. The van der Waals surface area contributed by atoms with Gasteiger partial charge in [0, 0.05) is 0 Å². The second-order valence-corrected chi connectivity index (χ2v) is 4.73. The number of hydrogen-bond acceptors (Lipinski definition) is 3. The number of carbonyl (C=O) groups excluding carboxylic acids is 1. The topological polar surface area (TPSA) is 46.5 Å². The zero-order chi connectivity index (χ0) is 14.4. The summed E-state index contributed by atoms with van der Waals surface area (Å²) in [4.78, 5) is 12.3. The van der Waals surface area contributed by atoms with Crippen molar-refractivity contribution < 1.29 is 14.6 Å². The Hall–Kier alpha value is -2.13. The van der Waals surface area contributed by atoms with Gasteiger partial charge in [0.2, 0.25) is 0 Å². The molecule has 1 N–H and O–H groups in total. The smallest absolute Gasteiger partial charge is 0.318 e. The van der Waals surface area contributed by atoms with Crippen LogP contribution in [0, 0.1) is 0 Å². The van der Waals surface area contributed by atoms with Crippen molar-refractivity contribution in [2.45, 2.75) is 18.9 Å². The molecule has 2 aromatic carbocycles. The molecule has 0 spiro atoms. The zero-order valence-electron chi connectivity index (χ0n) is 11.4. The standard InChI is InChI=1S/C17H18O3/c1-13(18)12-20-17(19)16(14-8-4-2-5-9-14)15-10-6-3-7-11-15/h2-11,13,16,18H,12H2,1H3. The first-order valence-corrected chi connectivity index (χ1v) is 6.63. The number of rotatable bonds is 5. The van der Waals surface area contributed by atoms with Crippen molar-refractivity contribution in [3.05, 3.63) is 71.8 Å². The molecule has 0 fully saturated rings. The average molecular weight is 270 g/mol. The number of benzene rings is 2. The zero-order valence-corrected chi connectivity index (χ0v) is 11.4. The predicted molar refractivity (Wildman–Crippen MR) is 77.4 cm³/mol. The van der Waals surface area contributed by atoms with Gasteiger partial charge in [-0.25, -0.2) is 0 Å². The average Bonchev–Trinajstić information content (AvgIpc) is 2.48. The molecule has 0 amide bonds. The van der Waals surface area contributed by atoms with Crippen LogP contribution in [0.3, 0.4) is 0 Å². The molecule has 1 unspecified atom stereocenters. The van der Waals surface area contributed by atoms with E-state index in [1.54, 1.807) is 6.92 Å². The molecule has 0 aliphatic heterocycles. The molecule has 104 valence electrons. The highest BCUT2D eigenvalue weighted by Crippen LogP contribution is 2.25. The molecular formula is C17H18O3. The van der Waals surface area contributed by atoms with Crippen molar-refractivity contribution >= 4 is 5.97 Å². The highest BCUT2D eigenvalue weighted by molar-refractivity contribution is 5.82. The van der Waals surface area contributed by atoms with Crippen LogP contribution >= 0.6 is 0 Å². The summed E-state index contributed by atoms with van der Waals surface area (Å²) < 4.78 is 5.19. The summed E-state index contributed by atoms with van der Waals surface area (Å²) in [6, 6.07) is 19.0. The second kappa shape index (κ2) is 6.87. The van der Waals surface area contributed by atoms with E-state index in [-0.39, 0.29) is 12.6 Å². The van der Waals surface area contributed by atoms with Crippen molar-refractivity contribution in [1.29, 1.82) is 0 Å². The predicted octanol–water partition coefficient (Wildman–Crippen LogP) is 2.74. The molecule has 2 aromatic rings. The van der Waals surface area contributed by atoms with E-state index in [2.05, 4.69) is 0 Å². The molecule has 0 saturated carbocycles. The van der Waals surface area contributed by atoms with E-state index in [0.29, 0.717) is 0 Å². The minimum Gasteiger partial charge on any atom is -0.462 e. The minimum atomic E-state index is -0.661. The number of ether oxygens (including phenoxy) is 1. The molecule has 20 heavy (non-hydrogen) atoms. The summed E-state index contributed by atoms with van der Waals surface area (Å²) in [5.74, 6) is -0.806. The third kappa shape index (κ3) is 3.68. The van der Waals surface area contributed by atoms with Gasteiger partial charge in [0.05, 0.1) is 6.10 Å². The van der Waals surface area contributed by atoms with Crippen LogP contribution in [0.25, 0.3) is 0 Å². The van der Waals surface area contributed by atoms with Crippen LogP contribution in [0.1, 0.15) is 24.0 Å². The Balaban J connectivity index is 2.28. The van der Waals surface area contributed by atoms with Crippen molar-refractivity contribution in [1.82, 2.24) is 0 Å². The third-order valence-electron chi connectivity index (χ3n) is 2.97. The summed E-state index contributed by atoms with van der Waals surface area (Å²) in [7, 11) is 0. The van der Waals surface area contributed by atoms with E-state index >= 15 is 0 Å². The van der Waals surface area contributed by atoms with Gasteiger partial charge in [-0.05, 0) is 18.1 Å². The molecule has 0 bridgehead atoms. The van der Waals surface area contributed by atoms with Crippen LogP contribution in [-0.4, -0.2) is 23.8 Å². The molecule has 0 aliphatic carbocycles. The molecule has 0 aliphatic rings. The highest BCUT2D eigenvalue weighted by Gasteiger charge is 2.24. The molecule has 0 saturated heterocycles. The number of hydrogen-bond donors (Lipinski definition) is 1. The van der Waals surface area contributed by atoms with Gasteiger partial charge < -0.3 is 9.84 Å². The second-order valence-electron chi connectivity index (χ2n) is 4.73. The van der Waals surface area contributed by atoms with E-state index in [0.717, 1.165) is 11.1 Å². The third-order valence-corrected chi connectivity index (χ3v) is 2.97. The van der Waals surface area contributed by atoms with Gasteiger partial charge in [-0.2, -0.15) is 0 Å². The molecule has 0 heterocycles. The van der Waals surface area contributed by atoms with Crippen LogP contribution < -0.4 is 0 Å². The van der Waals surface area contributed by atoms with E-state index in [1.807, 2.05) is 60.7 Å². The Morgan fingerprint density at radius 2 is 1.45 bits per heavy atom. The highest BCUT2D eigenvalue weighted by atomic mass is 16.5. The summed E-state index contributed by atoms with van der Waals surface area (Å²) >= 11 is 0. The van der Waals surface area contributed by atoms with Crippen LogP contribution in [0.2, 0.25) is 0 Å². The van der Waals surface area contributed by atoms with Gasteiger partial charge in [-0.1, -0.05) is 60.7 Å². The summed E-state index contributed by atoms with van der Waals surface area (Å²) in [6.45, 7) is 1.60. The monoisotopic (exact) mass is 270 g/mol. The Kier molecular flexibility index (Phi) is 4.91. The Morgan fingerprint density at radius 1 is 1.00 bits per heavy atom. The Bertz CT molecular complexity index is 495. The molecule has 2 rings (SSSR count). The SMILES string of the molecule is CC(O)COC(=O)C(c1ccccc1)c1ccccc1. The molecular weight excluding hydrogens is 252 g/mol. The van der Waals surface area contributed by atoms with E-state index < -0.39 is 12.0 Å². The lowest BCUT2D eigenvalue weighted by molar-refractivity contribution is -0.147. The van der Waals surface area contributed by atoms with Crippen LogP contribution in [0.5, 0.6) is 0 Å². The van der Waals surface area contributed by atoms with Gasteiger partial charge in [0.1, 0.15) is 12.5 Å². The van der Waals surface area contributed by atoms with Crippen LogP contribution in [-0.2, 0) is 9.53 Å². The van der Waals surface area contributed by atoms with E-state index in [9.17, 15) is 9.90 Å². The van der Waals surface area contributed by atoms with Crippen molar-refractivity contribution in [2.75, 3.05) is 6.61 Å². The normalized spacial score (nSPS) is 12.2. The number of aliphatic hydroxyl groups is 1. The Labute approximate surface area is 118 Å². The molecule has 0 aromatic heterocycles. The molecule has 3 nitrogen and oxygen atoms in total. The lowest BCUT2D eigenvalue weighted by Gasteiger charge is -2.17. The first-order chi connectivity index (χ1) is 9.68. The van der Waals surface area contributed by atoms with Gasteiger partial charge in [-0.15, -0.1) is 0 Å². The number of carbonyl (C=O) groups is 1. The number of aliphatic hydroxyl groups excluding tert-OH is 1. The fourth-order valence-electron chi connectivity index (χ4n) is 2.04. The van der Waals surface area contributed by atoms with E-state index in [4.69, 9.17) is 4.74 Å². The van der Waals surface area contributed by atoms with Gasteiger partial charge in [0.15, 0.2) is 0 Å². The Morgan fingerprint density at radius 3 is 1.85 bits per heavy atom. The first-order valence-electron chi connectivity index (χ1n) is 6.63. The summed E-state index contributed by atoms with van der Waals surface area (Å²) in [5.41, 5.74) is 1.77. The van der Waals surface area contributed by atoms with Crippen molar-refractivity contribution in [3.63, 3.8) is 0 Å². The molecule has 3 heteroatoms. The largest absolute Gasteiger partial charge is 0.462 e. The molecule has 0 radical (unpaired) electrons. The fraction of sp³-hybridized carbons (Fsp3) is 0.235. The van der Waals surface area contributed by atoms with Crippen molar-refractivity contribution in [3.8, 4) is 0 Å². The first kappa shape index (κ1) is 14.3. The number of esters is 1. The minimum absolute atomic E-state index is 0.00893. The van der Waals surface area contributed by atoms with Crippen molar-refractivity contribution in [2.24, 2.45) is 0 Å². The summed E-state index contributed by atoms with van der Waals surface area (Å²) in [6.07, 6.45) is -0.661. The van der Waals surface area contributed by atoms with Gasteiger partial charge in [0.25, 0.3) is 0 Å². The lowest BCUT2D eigenvalue weighted by atomic mass is 9.91. The van der Waals surface area contributed by atoms with Crippen LogP contribution in [0.15, 0.2) is 60.7 Å². The maximum Gasteiger partial charge on any atom is 0.318 e. The quantitative estimate of drug-likeness (QED) is 0.850. The van der Waals surface area contributed by atoms with Gasteiger partial charge >= 0.3 is 5.97 Å².